The van der Waals surface area contributed by atoms with Gasteiger partial charge in [-0.2, -0.15) is 0 Å². The van der Waals surface area contributed by atoms with Gasteiger partial charge in [0.15, 0.2) is 0 Å². The molecule has 2 N–H and O–H groups in total. The van der Waals surface area contributed by atoms with Gasteiger partial charge in [-0.1, -0.05) is 26.0 Å². The Kier molecular flexibility index (Phi) is 5.03. The van der Waals surface area contributed by atoms with Gasteiger partial charge in [0.25, 0.3) is 0 Å². The lowest BCUT2D eigenvalue weighted by molar-refractivity contribution is -0.145. The van der Waals surface area contributed by atoms with Crippen LogP contribution < -0.4 is 5.32 Å². The van der Waals surface area contributed by atoms with Gasteiger partial charge in [0.2, 0.25) is 5.91 Å². The van der Waals surface area contributed by atoms with E-state index >= 15 is 0 Å². The zero-order chi connectivity index (χ0) is 18.8. The topological polar surface area (TPSA) is 100 Å². The number of hydrogen-bond donors (Lipinski definition) is 2. The fourth-order valence-corrected chi connectivity index (χ4v) is 3.10. The molecule has 0 aliphatic carbocycles. The van der Waals surface area contributed by atoms with Crippen LogP contribution in [0.25, 0.3) is 0 Å². The van der Waals surface area contributed by atoms with Crippen LogP contribution in [-0.4, -0.2) is 49.2 Å². The number of carbonyl (C=O) groups excluding carboxylic acids is 1. The van der Waals surface area contributed by atoms with Crippen LogP contribution in [0, 0.1) is 6.92 Å². The van der Waals surface area contributed by atoms with E-state index in [2.05, 4.69) is 29.4 Å². The number of aromatic nitrogens is 3. The summed E-state index contributed by atoms with van der Waals surface area (Å²) in [6, 6.07) is 6.89. The average molecular weight is 357 g/mol. The fourth-order valence-electron chi connectivity index (χ4n) is 3.10. The summed E-state index contributed by atoms with van der Waals surface area (Å²) in [4.78, 5) is 25.6. The molecule has 8 nitrogen and oxygen atoms in total. The molecule has 2 aromatic rings. The maximum atomic E-state index is 12.4. The Morgan fingerprint density at radius 3 is 2.58 bits per heavy atom. The van der Waals surface area contributed by atoms with Gasteiger partial charge in [0, 0.05) is 5.69 Å². The van der Waals surface area contributed by atoms with Gasteiger partial charge in [-0.25, -0.2) is 0 Å². The molecule has 1 unspecified atom stereocenters. The van der Waals surface area contributed by atoms with E-state index in [4.69, 9.17) is 0 Å². The van der Waals surface area contributed by atoms with Crippen molar-refractivity contribution in [1.29, 1.82) is 0 Å². The number of nitrogens with one attached hydrogen (secondary N) is 1. The standard InChI is InChI=1S/C18H23N5O3/c1-11(2)13-4-6-14(7-5-13)19-17(24)10-22-9-16-21-20-12(3)23(16)8-15(22)18(25)26/h4-7,11,15H,8-10H2,1-3H3,(H,19,24)(H,25,26). The molecule has 26 heavy (non-hydrogen) atoms. The molecule has 1 aromatic heterocycles. The molecule has 8 heteroatoms. The molecule has 1 aromatic carbocycles. The Morgan fingerprint density at radius 1 is 1.27 bits per heavy atom. The van der Waals surface area contributed by atoms with Crippen LogP contribution in [-0.2, 0) is 22.7 Å². The highest BCUT2D eigenvalue weighted by atomic mass is 16.4. The number of nitrogens with zero attached hydrogens (tertiary/aromatic N) is 4. The molecule has 2 heterocycles. The Balaban J connectivity index is 1.68. The zero-order valence-corrected chi connectivity index (χ0v) is 15.1. The highest BCUT2D eigenvalue weighted by Crippen LogP contribution is 2.19. The van der Waals surface area contributed by atoms with Crippen molar-refractivity contribution in [3.8, 4) is 0 Å². The number of aliphatic carboxylic acids is 1. The third kappa shape index (κ3) is 3.75. The van der Waals surface area contributed by atoms with Gasteiger partial charge in [-0.3, -0.25) is 14.5 Å². The van der Waals surface area contributed by atoms with Gasteiger partial charge < -0.3 is 15.0 Å². The van der Waals surface area contributed by atoms with Crippen molar-refractivity contribution in [2.24, 2.45) is 0 Å². The first-order chi connectivity index (χ1) is 12.3. The SMILES string of the molecule is Cc1nnc2n1CC(C(=O)O)N(CC(=O)Nc1ccc(C(C)C)cc1)C2. The molecule has 0 saturated carbocycles. The first-order valence-corrected chi connectivity index (χ1v) is 8.60. The van der Waals surface area contributed by atoms with Crippen LogP contribution in [0.2, 0.25) is 0 Å². The van der Waals surface area contributed by atoms with Gasteiger partial charge in [0.1, 0.15) is 17.7 Å². The summed E-state index contributed by atoms with van der Waals surface area (Å²) < 4.78 is 1.79. The van der Waals surface area contributed by atoms with Crippen molar-refractivity contribution in [1.82, 2.24) is 19.7 Å². The second-order valence-corrected chi connectivity index (χ2v) is 6.86. The van der Waals surface area contributed by atoms with E-state index in [1.165, 1.54) is 5.56 Å². The van der Waals surface area contributed by atoms with Crippen LogP contribution in [0.5, 0.6) is 0 Å². The van der Waals surface area contributed by atoms with Crippen molar-refractivity contribution >= 4 is 17.6 Å². The minimum Gasteiger partial charge on any atom is -0.480 e. The molecule has 0 saturated heterocycles. The summed E-state index contributed by atoms with van der Waals surface area (Å²) in [5.74, 6) is 0.566. The smallest absolute Gasteiger partial charge is 0.322 e. The number of carboxylic acids is 1. The van der Waals surface area contributed by atoms with Crippen LogP contribution in [0.15, 0.2) is 24.3 Å². The number of benzene rings is 1. The molecule has 0 bridgehead atoms. The van der Waals surface area contributed by atoms with Crippen molar-refractivity contribution in [3.05, 3.63) is 41.5 Å². The summed E-state index contributed by atoms with van der Waals surface area (Å²) in [7, 11) is 0. The van der Waals surface area contributed by atoms with Crippen molar-refractivity contribution in [3.63, 3.8) is 0 Å². The van der Waals surface area contributed by atoms with Crippen molar-refractivity contribution < 1.29 is 14.7 Å². The number of carbonyl (C=O) groups is 2. The first kappa shape index (κ1) is 18.1. The fraction of sp³-hybridized carbons (Fsp3) is 0.444. The number of hydrogen-bond acceptors (Lipinski definition) is 5. The number of rotatable bonds is 5. The highest BCUT2D eigenvalue weighted by molar-refractivity contribution is 5.92. The molecule has 0 fully saturated rings. The summed E-state index contributed by atoms with van der Waals surface area (Å²) in [6.07, 6.45) is 0. The lowest BCUT2D eigenvalue weighted by atomic mass is 10.0. The molecule has 0 radical (unpaired) electrons. The van der Waals surface area contributed by atoms with Crippen LogP contribution in [0.3, 0.4) is 0 Å². The predicted molar refractivity (Wildman–Crippen MR) is 95.8 cm³/mol. The molecule has 1 aliphatic rings. The molecule has 1 amide bonds. The van der Waals surface area contributed by atoms with Crippen LogP contribution >= 0.6 is 0 Å². The van der Waals surface area contributed by atoms with Gasteiger partial charge in [-0.05, 0) is 30.5 Å². The number of anilines is 1. The Bertz CT molecular complexity index is 813. The highest BCUT2D eigenvalue weighted by Gasteiger charge is 2.34. The minimum absolute atomic E-state index is 0.0190. The van der Waals surface area contributed by atoms with Crippen LogP contribution in [0.4, 0.5) is 5.69 Å². The molecular formula is C18H23N5O3. The third-order valence-electron chi connectivity index (χ3n) is 4.65. The number of fused-ring (bicyclic) bond motifs is 1. The molecule has 0 spiro atoms. The lowest BCUT2D eigenvalue weighted by Crippen LogP contribution is -2.50. The van der Waals surface area contributed by atoms with E-state index in [1.54, 1.807) is 16.4 Å². The first-order valence-electron chi connectivity index (χ1n) is 8.60. The molecule has 3 rings (SSSR count). The normalized spacial score (nSPS) is 17.2. The largest absolute Gasteiger partial charge is 0.480 e. The van der Waals surface area contributed by atoms with Crippen molar-refractivity contribution in [2.75, 3.05) is 11.9 Å². The molecular weight excluding hydrogens is 334 g/mol. The second kappa shape index (κ2) is 7.25. The third-order valence-corrected chi connectivity index (χ3v) is 4.65. The number of carboxylic acid groups (broad SMARTS) is 1. The zero-order valence-electron chi connectivity index (χ0n) is 15.1. The summed E-state index contributed by atoms with van der Waals surface area (Å²) >= 11 is 0. The van der Waals surface area contributed by atoms with E-state index in [0.29, 0.717) is 23.3 Å². The maximum Gasteiger partial charge on any atom is 0.322 e. The molecule has 1 aliphatic heterocycles. The molecule has 138 valence electrons. The predicted octanol–water partition coefficient (Wildman–Crippen LogP) is 1.62. The monoisotopic (exact) mass is 357 g/mol. The van der Waals surface area contributed by atoms with E-state index in [-0.39, 0.29) is 25.5 Å². The van der Waals surface area contributed by atoms with E-state index in [0.717, 1.165) is 0 Å². The van der Waals surface area contributed by atoms with Crippen LogP contribution in [0.1, 0.15) is 37.0 Å². The second-order valence-electron chi connectivity index (χ2n) is 6.86. The Hall–Kier alpha value is -2.74. The average Bonchev–Trinajstić information content (AvgIpc) is 2.94. The van der Waals surface area contributed by atoms with E-state index in [9.17, 15) is 14.7 Å². The van der Waals surface area contributed by atoms with Crippen molar-refractivity contribution in [2.45, 2.75) is 45.8 Å². The number of aryl methyl sites for hydroxylation is 1. The van der Waals surface area contributed by atoms with E-state index in [1.807, 2.05) is 24.3 Å². The van der Waals surface area contributed by atoms with Gasteiger partial charge >= 0.3 is 5.97 Å². The van der Waals surface area contributed by atoms with E-state index < -0.39 is 12.0 Å². The Morgan fingerprint density at radius 2 is 1.96 bits per heavy atom. The quantitative estimate of drug-likeness (QED) is 0.843. The minimum atomic E-state index is -0.960. The van der Waals surface area contributed by atoms with Gasteiger partial charge in [-0.15, -0.1) is 10.2 Å². The lowest BCUT2D eigenvalue weighted by Gasteiger charge is -2.32. The summed E-state index contributed by atoms with van der Waals surface area (Å²) in [5, 5.41) is 20.4. The summed E-state index contributed by atoms with van der Waals surface area (Å²) in [5.41, 5.74) is 1.89. The summed E-state index contributed by atoms with van der Waals surface area (Å²) in [6.45, 7) is 6.50. The Labute approximate surface area is 151 Å². The van der Waals surface area contributed by atoms with Gasteiger partial charge in [0.05, 0.1) is 19.6 Å². The maximum absolute atomic E-state index is 12.4. The molecule has 1 atom stereocenters. The number of amides is 1.